The summed E-state index contributed by atoms with van der Waals surface area (Å²) in [7, 11) is 0. The maximum absolute atomic E-state index is 5.27. The number of aryl methyl sites for hydroxylation is 3. The number of hydrogen-bond acceptors (Lipinski definition) is 0. The zero-order valence-electron chi connectivity index (χ0n) is 63.1. The Bertz CT molecular complexity index is 8260. The molecule has 1 aliphatic rings. The van der Waals surface area contributed by atoms with Gasteiger partial charge in [-0.05, 0) is 367 Å². The van der Waals surface area contributed by atoms with Gasteiger partial charge in [0.25, 0.3) is 0 Å². The van der Waals surface area contributed by atoms with E-state index in [2.05, 4.69) is 459 Å². The Hall–Kier alpha value is -14.6. The molecule has 117 heavy (non-hydrogen) atoms. The van der Waals surface area contributed by atoms with Crippen LogP contribution in [0.25, 0.3) is 153 Å². The highest BCUT2D eigenvalue weighted by atomic mass is 79.9. The van der Waals surface area contributed by atoms with E-state index in [1.165, 1.54) is 109 Å². The van der Waals surface area contributed by atoms with Crippen LogP contribution in [0.15, 0.2) is 273 Å². The van der Waals surface area contributed by atoms with E-state index in [0.717, 1.165) is 113 Å². The van der Waals surface area contributed by atoms with Crippen LogP contribution in [0, 0.1) is 164 Å². The first kappa shape index (κ1) is 75.1. The predicted octanol–water partition coefficient (Wildman–Crippen LogP) is 30.8. The van der Waals surface area contributed by atoms with E-state index in [9.17, 15) is 0 Å². The molecule has 0 spiro atoms. The SMILES string of the molecule is C#CC#CC#CC#Cc1cc(-n2c3ccc(-c4ccc5c(c4)c4c6ccccc6ccc4n5-c4cc(C)c(Br)cc4C#CC#CC#CC#C)cc3c3c4ccccc4ccc32)c(C)cc1Br.C#CC#CC#CC#Cc1cc(Br)c(C)cc1Br.[HH].[HH].[HH].[HH].[HH].[HH].[HH].[HH].[HH].[HH].[HH].[HH].[HH].[HH].[HH].[HH].[HH].[HH].c1ccc2c3c(ccc2c1)Cc1ccc(-c2ccc4[nH]c5ccc6ccccc6c5c4c2)cc1-3. The molecule has 0 fully saturated rings. The molecule has 0 unspecified atom stereocenters. The molecule has 0 radical (unpaired) electrons. The van der Waals surface area contributed by atoms with Gasteiger partial charge in [0, 0.05) is 98.0 Å². The molecule has 0 amide bonds. The van der Waals surface area contributed by atoms with E-state index in [4.69, 9.17) is 19.3 Å². The number of nitrogens with one attached hydrogen (secondary N) is 1. The van der Waals surface area contributed by atoms with Gasteiger partial charge < -0.3 is 14.1 Å². The molecular weight excluding hydrogens is 1680 g/mol. The van der Waals surface area contributed by atoms with E-state index in [1.807, 2.05) is 19.1 Å². The number of terminal acetylenes is 3. The molecule has 0 aliphatic heterocycles. The molecule has 0 saturated carbocycles. The van der Waals surface area contributed by atoms with Gasteiger partial charge in [0.05, 0.1) is 39.0 Å². The van der Waals surface area contributed by atoms with Crippen LogP contribution in [0.5, 0.6) is 0 Å². The number of rotatable bonds is 4. The second-order valence-corrected chi connectivity index (χ2v) is 31.4. The monoisotopic (exact) mass is 1770 g/mol. The van der Waals surface area contributed by atoms with Gasteiger partial charge in [-0.2, -0.15) is 0 Å². The highest BCUT2D eigenvalue weighted by molar-refractivity contribution is 9.11. The zero-order valence-corrected chi connectivity index (χ0v) is 69.4. The van der Waals surface area contributed by atoms with E-state index in [1.54, 1.807) is 0 Å². The smallest absolute Gasteiger partial charge is 0.0622 e. The molecule has 7 heteroatoms. The molecule has 0 saturated heterocycles. The summed E-state index contributed by atoms with van der Waals surface area (Å²) < 4.78 is 8.51. The lowest BCUT2D eigenvalue weighted by molar-refractivity contribution is 1.14. The van der Waals surface area contributed by atoms with Gasteiger partial charge in [0.1, 0.15) is 0 Å². The Morgan fingerprint density at radius 2 is 0.692 bits per heavy atom. The van der Waals surface area contributed by atoms with E-state index < -0.39 is 0 Å². The van der Waals surface area contributed by atoms with Crippen LogP contribution in [0.3, 0.4) is 0 Å². The van der Waals surface area contributed by atoms with Gasteiger partial charge in [-0.3, -0.25) is 0 Å². The second kappa shape index (κ2) is 32.8. The van der Waals surface area contributed by atoms with Crippen LogP contribution in [0.2, 0.25) is 0 Å². The van der Waals surface area contributed by atoms with Gasteiger partial charge >= 0.3 is 0 Å². The molecule has 1 N–H and O–H groups in total. The summed E-state index contributed by atoms with van der Waals surface area (Å²) >= 11 is 14.4. The minimum absolute atomic E-state index is 0. The lowest BCUT2D eigenvalue weighted by Crippen LogP contribution is -1.99. The first-order chi connectivity index (χ1) is 57.3. The standard InChI is InChI=1S/C62H30Br2N2.C33H21N.C15H6Br2.18H2/c1-5-7-9-11-13-15-23-47-40-59(42(4)35-54(47)64)65-55-31-29-45(37-51(55)61-49-25-19-17-21-43(49)27-33-57(61)65)46-30-32-56-52(38-46)62-50-26-20-18-22-44(50)28-34-58(62)66(56)60-36-41(3)53(63)39-48(60)24-16-14-12-10-8-6-2;1-3-7-26-20(5-1)9-12-25-17-24-11-10-22(18-28(24)32(25)26)23-14-15-30-29(19-23)33-27-8-4-2-6-21(27)13-16-31(33)34-30;1-3-4-5-6-7-8-9-13-11-14(16)12(2)10-15(13)17;;;;;;;;;;;;;;;;;;/h1-2,17-22,25-40H,3-4H3;1-16,18-19,34H,17H2;1,10-11H,2H3;18*1H. The molecule has 15 aromatic carbocycles. The zero-order chi connectivity index (χ0) is 80.2. The number of fused-ring (bicyclic) bond motifs is 20. The highest BCUT2D eigenvalue weighted by Crippen LogP contribution is 2.47. The molecule has 3 heterocycles. The van der Waals surface area contributed by atoms with E-state index >= 15 is 0 Å². The molecule has 0 atom stereocenters. The van der Waals surface area contributed by atoms with Crippen LogP contribution < -0.4 is 0 Å². The highest BCUT2D eigenvalue weighted by Gasteiger charge is 2.24. The summed E-state index contributed by atoms with van der Waals surface area (Å²) in [5.74, 6) is 56.3. The second-order valence-electron chi connectivity index (χ2n) is 28.0. The first-order valence-corrected chi connectivity index (χ1v) is 40.5. The Morgan fingerprint density at radius 3 is 1.26 bits per heavy atom. The average molecular weight is 1780 g/mol. The van der Waals surface area contributed by atoms with Crippen molar-refractivity contribution in [1.29, 1.82) is 0 Å². The number of benzene rings is 15. The number of aromatic nitrogens is 3. The van der Waals surface area contributed by atoms with Gasteiger partial charge in [-0.15, -0.1) is 19.3 Å². The topological polar surface area (TPSA) is 25.6 Å². The molecule has 19 rings (SSSR count). The lowest BCUT2D eigenvalue weighted by Gasteiger charge is -2.14. The third-order valence-corrected chi connectivity index (χ3v) is 24.1. The summed E-state index contributed by atoms with van der Waals surface area (Å²) in [5.41, 5.74) is 25.0. The van der Waals surface area contributed by atoms with Crippen molar-refractivity contribution in [2.75, 3.05) is 0 Å². The van der Waals surface area contributed by atoms with E-state index in [0.29, 0.717) is 0 Å². The average Bonchev–Trinajstić information content (AvgIpc) is 1.56. The van der Waals surface area contributed by atoms with Gasteiger partial charge in [0.2, 0.25) is 0 Å². The van der Waals surface area contributed by atoms with E-state index in [-0.39, 0.29) is 25.7 Å². The Balaban J connectivity index is 0. The van der Waals surface area contributed by atoms with Crippen molar-refractivity contribution >= 4 is 172 Å². The van der Waals surface area contributed by atoms with Crippen molar-refractivity contribution in [2.24, 2.45) is 0 Å². The van der Waals surface area contributed by atoms with Crippen molar-refractivity contribution in [3.05, 3.63) is 317 Å². The molecule has 576 valence electrons. The Labute approximate surface area is 739 Å². The molecule has 0 bridgehead atoms. The lowest BCUT2D eigenvalue weighted by atomic mass is 9.94. The molecule has 18 aromatic rings. The summed E-state index contributed by atoms with van der Waals surface area (Å²) in [6.07, 6.45) is 16.5. The molecular formula is C110H93Br4N3. The number of nitrogens with zero attached hydrogens (tertiary/aromatic N) is 2. The number of hydrogen-bond donors (Lipinski definition) is 1. The van der Waals surface area contributed by atoms with Crippen molar-refractivity contribution < 1.29 is 25.7 Å². The minimum atomic E-state index is 0. The fourth-order valence-corrected chi connectivity index (χ4v) is 17.6. The van der Waals surface area contributed by atoms with Crippen molar-refractivity contribution in [3.63, 3.8) is 0 Å². The summed E-state index contributed by atoms with van der Waals surface area (Å²) in [6.45, 7) is 6.24. The first-order valence-electron chi connectivity index (χ1n) is 37.3. The fourth-order valence-electron chi connectivity index (χ4n) is 15.8. The number of aromatic amines is 1. The maximum Gasteiger partial charge on any atom is 0.0622 e. The van der Waals surface area contributed by atoms with Gasteiger partial charge in [-0.1, -0.05) is 207 Å². The summed E-state index contributed by atoms with van der Waals surface area (Å²) in [6, 6.07) is 92.4. The van der Waals surface area contributed by atoms with Crippen molar-refractivity contribution in [2.45, 2.75) is 27.2 Å². The van der Waals surface area contributed by atoms with Gasteiger partial charge in [0.15, 0.2) is 0 Å². The quantitative estimate of drug-likeness (QED) is 0.170. The van der Waals surface area contributed by atoms with Crippen LogP contribution in [0.4, 0.5) is 0 Å². The number of H-pyrrole nitrogens is 1. The van der Waals surface area contributed by atoms with Crippen LogP contribution in [-0.2, 0) is 6.42 Å². The van der Waals surface area contributed by atoms with Gasteiger partial charge in [-0.25, -0.2) is 0 Å². The normalized spacial score (nSPS) is 10.5. The molecule has 3 aromatic heterocycles. The summed E-state index contributed by atoms with van der Waals surface area (Å²) in [4.78, 5) is 3.62. The fraction of sp³-hybridized carbons (Fsp3) is 0.0364. The van der Waals surface area contributed by atoms with Crippen molar-refractivity contribution in [3.8, 4) is 188 Å². The van der Waals surface area contributed by atoms with Crippen LogP contribution >= 0.6 is 63.7 Å². The molecule has 3 nitrogen and oxygen atoms in total. The Morgan fingerprint density at radius 1 is 0.299 bits per heavy atom. The largest absolute Gasteiger partial charge is 0.354 e. The number of halogens is 4. The molecule has 1 aliphatic carbocycles. The Kier molecular flexibility index (Phi) is 21.1. The predicted molar refractivity (Wildman–Crippen MR) is 543 cm³/mol. The maximum atomic E-state index is 5.27. The van der Waals surface area contributed by atoms with Crippen molar-refractivity contribution in [1.82, 2.24) is 14.1 Å². The third kappa shape index (κ3) is 14.7. The third-order valence-electron chi connectivity index (χ3n) is 21.1. The summed E-state index contributed by atoms with van der Waals surface area (Å²) in [5, 5.41) is 17.2. The van der Waals surface area contributed by atoms with Crippen LogP contribution in [-0.4, -0.2) is 14.1 Å². The minimum Gasteiger partial charge on any atom is -0.354 e. The van der Waals surface area contributed by atoms with Crippen LogP contribution in [0.1, 0.15) is 70.2 Å².